The fourth-order valence-electron chi connectivity index (χ4n) is 1.66. The van der Waals surface area contributed by atoms with Crippen LogP contribution in [0.15, 0.2) is 11.1 Å². The molecular weight excluding hydrogens is 238 g/mol. The van der Waals surface area contributed by atoms with Gasteiger partial charge in [-0.05, 0) is 31.2 Å². The topological polar surface area (TPSA) is 29.0 Å². The molecule has 1 aliphatic heterocycles. The first-order chi connectivity index (χ1) is 7.81. The summed E-state index contributed by atoms with van der Waals surface area (Å²) in [6.45, 7) is 4.35. The van der Waals surface area contributed by atoms with Crippen molar-refractivity contribution in [3.8, 4) is 0 Å². The smallest absolute Gasteiger partial charge is 0.138 e. The zero-order valence-electron chi connectivity index (χ0n) is 9.77. The highest BCUT2D eigenvalue weighted by Gasteiger charge is 2.16. The maximum absolute atomic E-state index is 4.44. The van der Waals surface area contributed by atoms with Gasteiger partial charge in [-0.15, -0.1) is 11.8 Å². The molecule has 16 heavy (non-hydrogen) atoms. The van der Waals surface area contributed by atoms with Gasteiger partial charge in [0.1, 0.15) is 10.7 Å². The fourth-order valence-corrected chi connectivity index (χ4v) is 3.22. The average molecular weight is 255 g/mol. The van der Waals surface area contributed by atoms with E-state index in [4.69, 9.17) is 0 Å². The minimum atomic E-state index is 1.03. The van der Waals surface area contributed by atoms with Crippen LogP contribution in [0.3, 0.4) is 0 Å². The van der Waals surface area contributed by atoms with Gasteiger partial charge in [0.2, 0.25) is 0 Å². The van der Waals surface area contributed by atoms with Crippen LogP contribution in [0.1, 0.15) is 25.5 Å². The third kappa shape index (κ3) is 2.84. The Morgan fingerprint density at radius 3 is 3.06 bits per heavy atom. The lowest BCUT2D eigenvalue weighted by Crippen LogP contribution is -2.23. The molecule has 0 spiro atoms. The summed E-state index contributed by atoms with van der Waals surface area (Å²) in [5.74, 6) is 1.13. The van der Waals surface area contributed by atoms with E-state index >= 15 is 0 Å². The Hall–Kier alpha value is -0.390. The van der Waals surface area contributed by atoms with Crippen molar-refractivity contribution >= 4 is 29.1 Å². The summed E-state index contributed by atoms with van der Waals surface area (Å²) in [5.41, 5.74) is 2.52. The molecule has 3 nitrogen and oxygen atoms in total. The van der Waals surface area contributed by atoms with Gasteiger partial charge in [-0.3, -0.25) is 0 Å². The van der Waals surface area contributed by atoms with Gasteiger partial charge in [-0.1, -0.05) is 13.0 Å². The van der Waals surface area contributed by atoms with Gasteiger partial charge < -0.3 is 4.90 Å². The molecule has 0 unspecified atom stereocenters. The molecule has 0 N–H and O–H groups in total. The third-order valence-electron chi connectivity index (χ3n) is 2.62. The lowest BCUT2D eigenvalue weighted by Gasteiger charge is -2.21. The van der Waals surface area contributed by atoms with Crippen LogP contribution in [0.25, 0.3) is 5.57 Å². The molecule has 0 saturated carbocycles. The van der Waals surface area contributed by atoms with Crippen LogP contribution in [0.5, 0.6) is 0 Å². The van der Waals surface area contributed by atoms with E-state index in [1.165, 1.54) is 23.7 Å². The molecule has 5 heteroatoms. The monoisotopic (exact) mass is 255 g/mol. The van der Waals surface area contributed by atoms with Gasteiger partial charge in [-0.2, -0.15) is 8.75 Å². The number of hydrogen-bond donors (Lipinski definition) is 0. The standard InChI is InChI=1S/C11H17N3S2/c1-3-8-15-11-10(12-16-13-11)9-4-6-14(2)7-5-9/h4H,3,5-8H2,1-2H3. The van der Waals surface area contributed by atoms with Crippen molar-refractivity contribution in [3.05, 3.63) is 11.8 Å². The predicted molar refractivity (Wildman–Crippen MR) is 71.0 cm³/mol. The van der Waals surface area contributed by atoms with Crippen LogP contribution < -0.4 is 0 Å². The summed E-state index contributed by atoms with van der Waals surface area (Å²) < 4.78 is 8.83. The maximum atomic E-state index is 4.44. The van der Waals surface area contributed by atoms with Crippen molar-refractivity contribution in [2.24, 2.45) is 0 Å². The summed E-state index contributed by atoms with van der Waals surface area (Å²) in [6, 6.07) is 0. The summed E-state index contributed by atoms with van der Waals surface area (Å²) in [6.07, 6.45) is 4.57. The first-order valence-electron chi connectivity index (χ1n) is 5.64. The molecular formula is C11H17N3S2. The van der Waals surface area contributed by atoms with Crippen molar-refractivity contribution in [2.45, 2.75) is 24.8 Å². The second-order valence-electron chi connectivity index (χ2n) is 4.01. The van der Waals surface area contributed by atoms with Crippen LogP contribution in [-0.2, 0) is 0 Å². The molecule has 1 aromatic heterocycles. The van der Waals surface area contributed by atoms with Crippen LogP contribution in [0.4, 0.5) is 0 Å². The highest BCUT2D eigenvalue weighted by molar-refractivity contribution is 7.99. The van der Waals surface area contributed by atoms with Gasteiger partial charge in [0.15, 0.2) is 0 Å². The van der Waals surface area contributed by atoms with E-state index in [0.717, 1.165) is 36.0 Å². The van der Waals surface area contributed by atoms with Crippen molar-refractivity contribution < 1.29 is 0 Å². The number of hydrogen-bond acceptors (Lipinski definition) is 5. The average Bonchev–Trinajstić information content (AvgIpc) is 2.75. The third-order valence-corrected chi connectivity index (χ3v) is 4.43. The SMILES string of the molecule is CCCSc1nsnc1C1=CCN(C)CC1. The molecule has 1 aromatic rings. The molecule has 2 heterocycles. The summed E-state index contributed by atoms with van der Waals surface area (Å²) in [7, 11) is 2.15. The Labute approximate surface area is 105 Å². The number of likely N-dealkylation sites (N-methyl/N-ethyl adjacent to an activating group) is 1. The molecule has 0 aromatic carbocycles. The molecule has 0 bridgehead atoms. The van der Waals surface area contributed by atoms with Crippen molar-refractivity contribution in [1.82, 2.24) is 13.6 Å². The zero-order valence-corrected chi connectivity index (χ0v) is 11.4. The quantitative estimate of drug-likeness (QED) is 0.774. The highest BCUT2D eigenvalue weighted by Crippen LogP contribution is 2.29. The van der Waals surface area contributed by atoms with Gasteiger partial charge in [0.25, 0.3) is 0 Å². The molecule has 0 radical (unpaired) electrons. The molecule has 0 saturated heterocycles. The maximum Gasteiger partial charge on any atom is 0.138 e. The summed E-state index contributed by atoms with van der Waals surface area (Å²) in [5, 5.41) is 1.13. The normalized spacial score (nSPS) is 17.5. The van der Waals surface area contributed by atoms with Gasteiger partial charge in [-0.25, -0.2) is 0 Å². The van der Waals surface area contributed by atoms with Crippen LogP contribution in [0.2, 0.25) is 0 Å². The minimum Gasteiger partial charge on any atom is -0.302 e. The van der Waals surface area contributed by atoms with E-state index in [2.05, 4.69) is 33.7 Å². The fraction of sp³-hybridized carbons (Fsp3) is 0.636. The molecule has 88 valence electrons. The van der Waals surface area contributed by atoms with Gasteiger partial charge >= 0.3 is 0 Å². The van der Waals surface area contributed by atoms with Crippen molar-refractivity contribution in [3.63, 3.8) is 0 Å². The van der Waals surface area contributed by atoms with E-state index < -0.39 is 0 Å². The molecule has 1 aliphatic rings. The predicted octanol–water partition coefficient (Wildman–Crippen LogP) is 2.76. The second kappa shape index (κ2) is 5.80. The zero-order chi connectivity index (χ0) is 11.4. The van der Waals surface area contributed by atoms with E-state index in [-0.39, 0.29) is 0 Å². The lowest BCUT2D eigenvalue weighted by molar-refractivity contribution is 0.369. The second-order valence-corrected chi connectivity index (χ2v) is 5.62. The molecule has 0 aliphatic carbocycles. The highest BCUT2D eigenvalue weighted by atomic mass is 32.2. The molecule has 0 atom stereocenters. The first-order valence-corrected chi connectivity index (χ1v) is 7.36. The first kappa shape index (κ1) is 12.1. The van der Waals surface area contributed by atoms with Crippen LogP contribution in [-0.4, -0.2) is 39.5 Å². The lowest BCUT2D eigenvalue weighted by atomic mass is 10.1. The molecule has 0 amide bonds. The summed E-state index contributed by atoms with van der Waals surface area (Å²) >= 11 is 3.17. The van der Waals surface area contributed by atoms with Gasteiger partial charge in [0.05, 0.1) is 11.7 Å². The number of rotatable bonds is 4. The number of nitrogens with zero attached hydrogens (tertiary/aromatic N) is 3. The van der Waals surface area contributed by atoms with E-state index in [0.29, 0.717) is 0 Å². The Bertz CT molecular complexity index is 373. The minimum absolute atomic E-state index is 1.03. The van der Waals surface area contributed by atoms with Crippen LogP contribution >= 0.6 is 23.5 Å². The molecule has 0 fully saturated rings. The Kier molecular flexibility index (Phi) is 4.37. The van der Waals surface area contributed by atoms with Crippen molar-refractivity contribution in [2.75, 3.05) is 25.9 Å². The Morgan fingerprint density at radius 2 is 2.38 bits per heavy atom. The van der Waals surface area contributed by atoms with E-state index in [9.17, 15) is 0 Å². The van der Waals surface area contributed by atoms with Crippen molar-refractivity contribution in [1.29, 1.82) is 0 Å². The number of aromatic nitrogens is 2. The molecule has 2 rings (SSSR count). The summed E-state index contributed by atoms with van der Waals surface area (Å²) in [4.78, 5) is 2.32. The largest absolute Gasteiger partial charge is 0.302 e. The Morgan fingerprint density at radius 1 is 1.50 bits per heavy atom. The van der Waals surface area contributed by atoms with E-state index in [1.807, 2.05) is 11.8 Å². The number of thioether (sulfide) groups is 1. The Balaban J connectivity index is 2.11. The van der Waals surface area contributed by atoms with Crippen LogP contribution in [0, 0.1) is 0 Å². The van der Waals surface area contributed by atoms with E-state index in [1.54, 1.807) is 0 Å². The van der Waals surface area contributed by atoms with Gasteiger partial charge in [0, 0.05) is 13.1 Å².